The summed E-state index contributed by atoms with van der Waals surface area (Å²) in [6.07, 6.45) is 1.73. The zero-order chi connectivity index (χ0) is 26.6. The number of carbonyl (C=O) groups excluding carboxylic acids is 1. The Bertz CT molecular complexity index is 1560. The lowest BCUT2D eigenvalue weighted by Gasteiger charge is -2.35. The maximum atomic E-state index is 12.4. The van der Waals surface area contributed by atoms with Gasteiger partial charge in [0.15, 0.2) is 17.0 Å². The van der Waals surface area contributed by atoms with Gasteiger partial charge in [0.2, 0.25) is 5.95 Å². The molecule has 2 saturated heterocycles. The number of nitrogens with zero attached hydrogens (tertiary/aromatic N) is 8. The summed E-state index contributed by atoms with van der Waals surface area (Å²) in [4.78, 5) is 35.9. The van der Waals surface area contributed by atoms with Gasteiger partial charge in [-0.25, -0.2) is 14.8 Å². The lowest BCUT2D eigenvalue weighted by molar-refractivity contribution is 0.0216. The summed E-state index contributed by atoms with van der Waals surface area (Å²) in [5.74, 6) is 2.94. The molecule has 0 unspecified atom stereocenters. The summed E-state index contributed by atoms with van der Waals surface area (Å²) >= 11 is 0. The lowest BCUT2D eigenvalue weighted by atomic mass is 10.1. The van der Waals surface area contributed by atoms with Crippen molar-refractivity contribution in [3.63, 3.8) is 0 Å². The van der Waals surface area contributed by atoms with Crippen LogP contribution < -0.4 is 4.90 Å². The molecule has 198 valence electrons. The average molecular weight is 517 g/mol. The zero-order valence-electron chi connectivity index (χ0n) is 22.4. The van der Waals surface area contributed by atoms with E-state index in [2.05, 4.69) is 4.90 Å². The van der Waals surface area contributed by atoms with Gasteiger partial charge in [0, 0.05) is 33.2 Å². The van der Waals surface area contributed by atoms with Crippen molar-refractivity contribution in [2.75, 3.05) is 44.3 Å². The van der Waals surface area contributed by atoms with Gasteiger partial charge in [-0.05, 0) is 51.5 Å². The first-order valence-electron chi connectivity index (χ1n) is 12.9. The molecule has 0 bridgehead atoms. The fraction of sp³-hybridized carbons (Fsp3) is 0.444. The van der Waals surface area contributed by atoms with Gasteiger partial charge in [-0.1, -0.05) is 12.1 Å². The third-order valence-electron chi connectivity index (χ3n) is 6.74. The molecule has 11 heteroatoms. The molecule has 0 atom stereocenters. The third kappa shape index (κ3) is 4.36. The molecule has 4 aromatic rings. The third-order valence-corrected chi connectivity index (χ3v) is 6.74. The molecule has 38 heavy (non-hydrogen) atoms. The molecule has 2 aliphatic heterocycles. The van der Waals surface area contributed by atoms with Crippen LogP contribution in [0.3, 0.4) is 0 Å². The van der Waals surface area contributed by atoms with Crippen molar-refractivity contribution in [1.82, 2.24) is 34.0 Å². The lowest BCUT2D eigenvalue weighted by Crippen LogP contribution is -2.46. The number of aromatic nitrogens is 6. The Kier molecular flexibility index (Phi) is 5.82. The molecule has 1 aromatic carbocycles. The molecule has 0 aliphatic carbocycles. The van der Waals surface area contributed by atoms with E-state index < -0.39 is 5.60 Å². The smallest absolute Gasteiger partial charge is 0.410 e. The number of hydrogen-bond acceptors (Lipinski definition) is 8. The molecule has 2 fully saturated rings. The molecule has 3 aromatic heterocycles. The van der Waals surface area contributed by atoms with Gasteiger partial charge < -0.3 is 23.8 Å². The topological polar surface area (TPSA) is 103 Å². The summed E-state index contributed by atoms with van der Waals surface area (Å²) in [5, 5.41) is 0. The Morgan fingerprint density at radius 1 is 1.05 bits per heavy atom. The van der Waals surface area contributed by atoms with Crippen LogP contribution in [0.4, 0.5) is 10.6 Å². The Labute approximate surface area is 220 Å². The van der Waals surface area contributed by atoms with Crippen LogP contribution in [0.2, 0.25) is 0 Å². The Hall–Kier alpha value is -3.99. The van der Waals surface area contributed by atoms with Gasteiger partial charge in [0.1, 0.15) is 17.2 Å². The Morgan fingerprint density at radius 2 is 1.79 bits per heavy atom. The van der Waals surface area contributed by atoms with Crippen LogP contribution in [-0.2, 0) is 16.5 Å². The van der Waals surface area contributed by atoms with Gasteiger partial charge in [-0.15, -0.1) is 0 Å². The van der Waals surface area contributed by atoms with E-state index >= 15 is 0 Å². The van der Waals surface area contributed by atoms with Crippen LogP contribution in [0.5, 0.6) is 0 Å². The minimum atomic E-state index is -0.515. The minimum Gasteiger partial charge on any atom is -0.444 e. The predicted octanol–water partition coefficient (Wildman–Crippen LogP) is 3.48. The van der Waals surface area contributed by atoms with Crippen molar-refractivity contribution in [2.24, 2.45) is 7.05 Å². The van der Waals surface area contributed by atoms with Gasteiger partial charge in [-0.2, -0.15) is 9.97 Å². The quantitative estimate of drug-likeness (QED) is 0.408. The first-order valence-corrected chi connectivity index (χ1v) is 12.9. The predicted molar refractivity (Wildman–Crippen MR) is 144 cm³/mol. The molecule has 0 spiro atoms. The van der Waals surface area contributed by atoms with E-state index in [9.17, 15) is 4.79 Å². The number of morpholine rings is 1. The van der Waals surface area contributed by atoms with Crippen LogP contribution in [-0.4, -0.2) is 85.1 Å². The number of aryl methyl sites for hydroxylation is 2. The normalized spacial score (nSPS) is 16.3. The van der Waals surface area contributed by atoms with Gasteiger partial charge in [-0.3, -0.25) is 4.57 Å². The molecule has 0 N–H and O–H groups in total. The van der Waals surface area contributed by atoms with Crippen LogP contribution >= 0.6 is 0 Å². The van der Waals surface area contributed by atoms with Gasteiger partial charge in [0.05, 0.1) is 24.2 Å². The fourth-order valence-corrected chi connectivity index (χ4v) is 4.85. The minimum absolute atomic E-state index is 0.298. The van der Waals surface area contributed by atoms with E-state index in [1.54, 1.807) is 4.90 Å². The number of rotatable bonds is 3. The highest BCUT2D eigenvalue weighted by Crippen LogP contribution is 2.29. The van der Waals surface area contributed by atoms with E-state index in [4.69, 9.17) is 29.4 Å². The molecule has 6 rings (SSSR count). The highest BCUT2D eigenvalue weighted by Gasteiger charge is 2.30. The van der Waals surface area contributed by atoms with Crippen molar-refractivity contribution in [3.05, 3.63) is 41.5 Å². The second kappa shape index (κ2) is 9.09. The second-order valence-electron chi connectivity index (χ2n) is 10.8. The first-order chi connectivity index (χ1) is 18.2. The molecule has 1 amide bonds. The summed E-state index contributed by atoms with van der Waals surface area (Å²) in [5.41, 5.74) is 3.93. The summed E-state index contributed by atoms with van der Waals surface area (Å²) in [6.45, 7) is 11.4. The van der Waals surface area contributed by atoms with Gasteiger partial charge in [0.25, 0.3) is 0 Å². The zero-order valence-corrected chi connectivity index (χ0v) is 22.4. The number of likely N-dealkylation sites (tertiary alicyclic amines) is 1. The van der Waals surface area contributed by atoms with E-state index in [1.807, 2.05) is 74.2 Å². The molecule has 2 aliphatic rings. The molecule has 11 nitrogen and oxygen atoms in total. The largest absolute Gasteiger partial charge is 0.444 e. The SMILES string of the molecule is Cc1nc2ccccc2n1-c1nc(N2CCOCC2)c2nc(C=C3CN(C(=O)OC(C)(C)C)C3)n(C)c2n1. The number of anilines is 1. The van der Waals surface area contributed by atoms with Crippen molar-refractivity contribution < 1.29 is 14.3 Å². The average Bonchev–Trinajstić information content (AvgIpc) is 3.35. The Morgan fingerprint density at radius 3 is 2.53 bits per heavy atom. The molecule has 0 radical (unpaired) electrons. The second-order valence-corrected chi connectivity index (χ2v) is 10.8. The number of imidazole rings is 2. The van der Waals surface area contributed by atoms with Crippen LogP contribution in [0.1, 0.15) is 32.4 Å². The monoisotopic (exact) mass is 516 g/mol. The number of benzene rings is 1. The maximum absolute atomic E-state index is 12.4. The van der Waals surface area contributed by atoms with Crippen molar-refractivity contribution in [2.45, 2.75) is 33.3 Å². The molecular weight excluding hydrogens is 484 g/mol. The fourth-order valence-electron chi connectivity index (χ4n) is 4.85. The first kappa shape index (κ1) is 24.4. The number of carbonyl (C=O) groups is 1. The summed E-state index contributed by atoms with van der Waals surface area (Å²) in [7, 11) is 1.96. The van der Waals surface area contributed by atoms with Crippen molar-refractivity contribution >= 4 is 40.2 Å². The van der Waals surface area contributed by atoms with Crippen molar-refractivity contribution in [3.8, 4) is 5.95 Å². The Balaban J connectivity index is 1.40. The van der Waals surface area contributed by atoms with Gasteiger partial charge >= 0.3 is 6.09 Å². The standard InChI is InChI=1S/C27H32N8O3/c1-17-28-19-8-6-7-9-20(19)35(17)25-30-23-22(24(31-25)33-10-12-37-13-11-33)29-21(32(23)5)14-18-15-34(16-18)26(36)38-27(2,3)4/h6-9,14H,10-13,15-16H2,1-5H3. The maximum Gasteiger partial charge on any atom is 0.410 e. The van der Waals surface area contributed by atoms with E-state index in [0.717, 1.165) is 58.3 Å². The number of hydrogen-bond donors (Lipinski definition) is 0. The van der Waals surface area contributed by atoms with Crippen molar-refractivity contribution in [1.29, 1.82) is 0 Å². The van der Waals surface area contributed by atoms with E-state index in [0.29, 0.717) is 32.3 Å². The number of fused-ring (bicyclic) bond motifs is 2. The molecule has 5 heterocycles. The molecular formula is C27H32N8O3. The number of amides is 1. The van der Waals surface area contributed by atoms with Crippen LogP contribution in [0.15, 0.2) is 29.8 Å². The molecule has 0 saturated carbocycles. The number of ether oxygens (including phenoxy) is 2. The number of para-hydroxylation sites is 2. The summed E-state index contributed by atoms with van der Waals surface area (Å²) in [6, 6.07) is 8.00. The van der Waals surface area contributed by atoms with Crippen LogP contribution in [0.25, 0.3) is 34.2 Å². The highest BCUT2D eigenvalue weighted by atomic mass is 16.6. The van der Waals surface area contributed by atoms with E-state index in [1.165, 1.54) is 0 Å². The highest BCUT2D eigenvalue weighted by molar-refractivity contribution is 5.87. The van der Waals surface area contributed by atoms with E-state index in [-0.39, 0.29) is 6.09 Å². The summed E-state index contributed by atoms with van der Waals surface area (Å²) < 4.78 is 15.1. The van der Waals surface area contributed by atoms with Crippen LogP contribution in [0, 0.1) is 6.92 Å².